The van der Waals surface area contributed by atoms with Crippen LogP contribution in [0.5, 0.6) is 0 Å². The molecule has 0 aliphatic carbocycles. The van der Waals surface area contributed by atoms with E-state index in [4.69, 9.17) is 5.73 Å². The molecule has 0 spiro atoms. The van der Waals surface area contributed by atoms with Crippen LogP contribution in [0.2, 0.25) is 0 Å². The minimum Gasteiger partial charge on any atom is -0.393 e. The van der Waals surface area contributed by atoms with Crippen molar-refractivity contribution in [1.82, 2.24) is 9.36 Å². The predicted molar refractivity (Wildman–Crippen MR) is 67.6 cm³/mol. The van der Waals surface area contributed by atoms with Crippen molar-refractivity contribution >= 4 is 5.69 Å². The molecule has 1 aromatic heterocycles. The van der Waals surface area contributed by atoms with E-state index in [1.54, 1.807) is 4.68 Å². The van der Waals surface area contributed by atoms with E-state index in [0.29, 0.717) is 11.6 Å². The zero-order chi connectivity index (χ0) is 12.3. The van der Waals surface area contributed by atoms with Crippen LogP contribution in [-0.2, 0) is 19.5 Å². The minimum absolute atomic E-state index is 0.0287. The second kappa shape index (κ2) is 5.23. The molecule has 0 unspecified atom stereocenters. The molecule has 4 heteroatoms. The molecule has 0 bridgehead atoms. The number of anilines is 1. The van der Waals surface area contributed by atoms with E-state index in [2.05, 4.69) is 27.7 Å². The number of hydrogen-bond acceptors (Lipinski definition) is 2. The van der Waals surface area contributed by atoms with Crippen molar-refractivity contribution in [3.63, 3.8) is 0 Å². The number of rotatable bonds is 5. The van der Waals surface area contributed by atoms with Crippen LogP contribution in [0.1, 0.15) is 39.8 Å². The SMILES string of the molecule is CCCc1c(N)c(=O)n(CC(C)C)n1CC. The van der Waals surface area contributed by atoms with Gasteiger partial charge in [0.1, 0.15) is 5.69 Å². The highest BCUT2D eigenvalue weighted by Crippen LogP contribution is 2.12. The molecule has 4 nitrogen and oxygen atoms in total. The smallest absolute Gasteiger partial charge is 0.290 e. The molecule has 1 heterocycles. The quantitative estimate of drug-likeness (QED) is 0.831. The Labute approximate surface area is 97.0 Å². The standard InChI is InChI=1S/C12H23N3O/c1-5-7-10-11(13)12(16)15(8-9(3)4)14(10)6-2/h9H,5-8,13H2,1-4H3. The maximum Gasteiger partial charge on any atom is 0.290 e. The molecule has 92 valence electrons. The van der Waals surface area contributed by atoms with Crippen LogP contribution in [0.15, 0.2) is 4.79 Å². The Morgan fingerprint density at radius 3 is 2.31 bits per heavy atom. The zero-order valence-corrected chi connectivity index (χ0v) is 10.8. The summed E-state index contributed by atoms with van der Waals surface area (Å²) in [5, 5.41) is 0. The maximum absolute atomic E-state index is 12.0. The lowest BCUT2D eigenvalue weighted by atomic mass is 10.2. The Morgan fingerprint density at radius 2 is 1.88 bits per heavy atom. The Hall–Kier alpha value is -1.19. The lowest BCUT2D eigenvalue weighted by molar-refractivity contribution is 0.388. The number of hydrogen-bond donors (Lipinski definition) is 1. The highest BCUT2D eigenvalue weighted by molar-refractivity contribution is 5.41. The van der Waals surface area contributed by atoms with E-state index >= 15 is 0 Å². The molecular formula is C12H23N3O. The van der Waals surface area contributed by atoms with Gasteiger partial charge < -0.3 is 5.73 Å². The van der Waals surface area contributed by atoms with E-state index in [9.17, 15) is 4.79 Å². The van der Waals surface area contributed by atoms with Crippen LogP contribution in [0.3, 0.4) is 0 Å². The summed E-state index contributed by atoms with van der Waals surface area (Å²) in [4.78, 5) is 12.0. The Balaban J connectivity index is 3.26. The monoisotopic (exact) mass is 225 g/mol. The number of nitrogens with two attached hydrogens (primary N) is 1. The van der Waals surface area contributed by atoms with E-state index in [1.165, 1.54) is 0 Å². The molecule has 16 heavy (non-hydrogen) atoms. The zero-order valence-electron chi connectivity index (χ0n) is 10.8. The van der Waals surface area contributed by atoms with Gasteiger partial charge in [-0.3, -0.25) is 9.48 Å². The van der Waals surface area contributed by atoms with E-state index in [-0.39, 0.29) is 5.56 Å². The highest BCUT2D eigenvalue weighted by Gasteiger charge is 2.16. The summed E-state index contributed by atoms with van der Waals surface area (Å²) in [6.07, 6.45) is 1.88. The van der Waals surface area contributed by atoms with Crippen molar-refractivity contribution in [3.8, 4) is 0 Å². The van der Waals surface area contributed by atoms with Gasteiger partial charge in [-0.25, -0.2) is 4.68 Å². The van der Waals surface area contributed by atoms with Crippen molar-refractivity contribution in [1.29, 1.82) is 0 Å². The minimum atomic E-state index is -0.0287. The molecule has 1 aromatic rings. The van der Waals surface area contributed by atoms with Crippen molar-refractivity contribution in [2.75, 3.05) is 5.73 Å². The van der Waals surface area contributed by atoms with Crippen molar-refractivity contribution in [2.45, 2.75) is 53.6 Å². The molecule has 0 atom stereocenters. The third kappa shape index (κ3) is 2.31. The average Bonchev–Trinajstić information content (AvgIpc) is 2.44. The average molecular weight is 225 g/mol. The first-order valence-electron chi connectivity index (χ1n) is 6.10. The fourth-order valence-electron chi connectivity index (χ4n) is 2.05. The molecule has 2 N–H and O–H groups in total. The summed E-state index contributed by atoms with van der Waals surface area (Å²) in [6, 6.07) is 0. The van der Waals surface area contributed by atoms with Gasteiger partial charge >= 0.3 is 0 Å². The van der Waals surface area contributed by atoms with Crippen LogP contribution in [0, 0.1) is 5.92 Å². The molecule has 0 fully saturated rings. The molecule has 0 radical (unpaired) electrons. The number of nitrogens with zero attached hydrogens (tertiary/aromatic N) is 2. The first kappa shape index (κ1) is 12.9. The molecule has 0 saturated carbocycles. The predicted octanol–water partition coefficient (Wildman–Crippen LogP) is 1.86. The van der Waals surface area contributed by atoms with Gasteiger partial charge in [-0.15, -0.1) is 0 Å². The maximum atomic E-state index is 12.0. The van der Waals surface area contributed by atoms with Gasteiger partial charge in [0.2, 0.25) is 0 Å². The van der Waals surface area contributed by atoms with Crippen LogP contribution in [0.25, 0.3) is 0 Å². The van der Waals surface area contributed by atoms with Gasteiger partial charge in [-0.2, -0.15) is 0 Å². The van der Waals surface area contributed by atoms with E-state index < -0.39 is 0 Å². The second-order valence-corrected chi connectivity index (χ2v) is 4.61. The topological polar surface area (TPSA) is 53.0 Å². The summed E-state index contributed by atoms with van der Waals surface area (Å²) < 4.78 is 3.81. The number of aromatic nitrogens is 2. The third-order valence-electron chi connectivity index (χ3n) is 2.70. The van der Waals surface area contributed by atoms with Gasteiger partial charge in [0, 0.05) is 13.1 Å². The lowest BCUT2D eigenvalue weighted by Crippen LogP contribution is -2.26. The van der Waals surface area contributed by atoms with E-state index in [1.807, 2.05) is 4.68 Å². The lowest BCUT2D eigenvalue weighted by Gasteiger charge is -2.14. The van der Waals surface area contributed by atoms with Crippen molar-refractivity contribution in [2.24, 2.45) is 5.92 Å². The summed E-state index contributed by atoms with van der Waals surface area (Å²) >= 11 is 0. The van der Waals surface area contributed by atoms with Gasteiger partial charge in [0.15, 0.2) is 0 Å². The third-order valence-corrected chi connectivity index (χ3v) is 2.70. The summed E-state index contributed by atoms with van der Waals surface area (Å²) in [5.74, 6) is 0.451. The first-order chi connectivity index (χ1) is 7.52. The second-order valence-electron chi connectivity index (χ2n) is 4.61. The molecule has 0 saturated heterocycles. The Morgan fingerprint density at radius 1 is 1.25 bits per heavy atom. The van der Waals surface area contributed by atoms with Gasteiger partial charge in [0.25, 0.3) is 5.56 Å². The van der Waals surface area contributed by atoms with Crippen LogP contribution < -0.4 is 11.3 Å². The summed E-state index contributed by atoms with van der Waals surface area (Å²) in [5.41, 5.74) is 7.29. The molecule has 0 aliphatic heterocycles. The molecule has 1 rings (SSSR count). The van der Waals surface area contributed by atoms with Crippen LogP contribution in [-0.4, -0.2) is 9.36 Å². The van der Waals surface area contributed by atoms with Crippen molar-refractivity contribution in [3.05, 3.63) is 16.0 Å². The highest BCUT2D eigenvalue weighted by atomic mass is 16.1. The Bertz CT molecular complexity index is 401. The molecular weight excluding hydrogens is 202 g/mol. The first-order valence-corrected chi connectivity index (χ1v) is 6.10. The number of nitrogen functional groups attached to an aromatic ring is 1. The van der Waals surface area contributed by atoms with Gasteiger partial charge in [-0.05, 0) is 19.3 Å². The molecule has 0 aliphatic rings. The summed E-state index contributed by atoms with van der Waals surface area (Å²) in [7, 11) is 0. The van der Waals surface area contributed by atoms with E-state index in [0.717, 1.165) is 31.6 Å². The van der Waals surface area contributed by atoms with Crippen molar-refractivity contribution < 1.29 is 0 Å². The van der Waals surface area contributed by atoms with Gasteiger partial charge in [-0.1, -0.05) is 27.2 Å². The largest absolute Gasteiger partial charge is 0.393 e. The molecule has 0 aromatic carbocycles. The van der Waals surface area contributed by atoms with Crippen LogP contribution >= 0.6 is 0 Å². The van der Waals surface area contributed by atoms with Crippen LogP contribution in [0.4, 0.5) is 5.69 Å². The van der Waals surface area contributed by atoms with Gasteiger partial charge in [0.05, 0.1) is 5.69 Å². The Kier molecular flexibility index (Phi) is 4.21. The molecule has 0 amide bonds. The fraction of sp³-hybridized carbons (Fsp3) is 0.750. The summed E-state index contributed by atoms with van der Waals surface area (Å²) in [6.45, 7) is 9.90. The fourth-order valence-corrected chi connectivity index (χ4v) is 2.05. The normalized spacial score (nSPS) is 11.3.